The van der Waals surface area contributed by atoms with Gasteiger partial charge in [0.15, 0.2) is 0 Å². The Morgan fingerprint density at radius 3 is 2.04 bits per heavy atom. The summed E-state index contributed by atoms with van der Waals surface area (Å²) in [5.41, 5.74) is -1.77. The Labute approximate surface area is 133 Å². The fourth-order valence-electron chi connectivity index (χ4n) is 1.80. The zero-order valence-corrected chi connectivity index (χ0v) is 11.6. The number of rotatable bonds is 4. The largest absolute Gasteiger partial charge is 0.450 e. The fraction of sp³-hybridized carbons (Fsp3) is 0. The van der Waals surface area contributed by atoms with Gasteiger partial charge >= 0.3 is 11.4 Å². The number of halogens is 1. The molecule has 2 aromatic carbocycles. The molecule has 0 heterocycles. The highest BCUT2D eigenvalue weighted by atomic mass is 19.1. The lowest BCUT2D eigenvalue weighted by Gasteiger charge is -2.07. The number of nitro benzene ring substituents is 2. The maximum atomic E-state index is 13.6. The first-order valence-electron chi connectivity index (χ1n) is 6.11. The van der Waals surface area contributed by atoms with Gasteiger partial charge in [-0.05, 0) is 6.07 Å². The molecule has 0 aliphatic carbocycles. The van der Waals surface area contributed by atoms with E-state index in [0.29, 0.717) is 6.07 Å². The number of benzene rings is 2. The molecule has 0 aromatic heterocycles. The molecule has 0 atom stereocenters. The van der Waals surface area contributed by atoms with Crippen LogP contribution in [-0.2, 0) is 0 Å². The van der Waals surface area contributed by atoms with Crippen molar-refractivity contribution in [2.75, 3.05) is 0 Å². The molecule has 0 unspecified atom stereocenters. The maximum Gasteiger partial charge on any atom is 0.312 e. The zero-order valence-electron chi connectivity index (χ0n) is 11.6. The summed E-state index contributed by atoms with van der Waals surface area (Å²) < 4.78 is 18.7. The van der Waals surface area contributed by atoms with Crippen LogP contribution in [0.5, 0.6) is 11.5 Å². The predicted octanol–water partition coefficient (Wildman–Crippen LogP) is 3.18. The van der Waals surface area contributed by atoms with Gasteiger partial charge in [0.05, 0.1) is 21.0 Å². The third-order valence-electron chi connectivity index (χ3n) is 2.88. The monoisotopic (exact) mass is 328 g/mol. The molecule has 10 heteroatoms. The van der Waals surface area contributed by atoms with Gasteiger partial charge in [0.1, 0.15) is 17.9 Å². The number of nitrogens with zero attached hydrogens (tertiary/aromatic N) is 4. The van der Waals surface area contributed by atoms with E-state index in [2.05, 4.69) is 0 Å². The molecule has 0 spiro atoms. The molecule has 0 aliphatic heterocycles. The van der Waals surface area contributed by atoms with E-state index in [-0.39, 0.29) is 16.9 Å². The molecule has 0 saturated carbocycles. The fourth-order valence-corrected chi connectivity index (χ4v) is 1.80. The summed E-state index contributed by atoms with van der Waals surface area (Å²) in [6.45, 7) is 0. The molecule has 2 aromatic rings. The molecular formula is C14H5FN4O5. The van der Waals surface area contributed by atoms with E-state index in [1.165, 1.54) is 0 Å². The second-order valence-corrected chi connectivity index (χ2v) is 4.32. The van der Waals surface area contributed by atoms with Gasteiger partial charge in [0.25, 0.3) is 0 Å². The predicted molar refractivity (Wildman–Crippen MR) is 75.7 cm³/mol. The van der Waals surface area contributed by atoms with Gasteiger partial charge in [-0.1, -0.05) is 0 Å². The van der Waals surface area contributed by atoms with Crippen LogP contribution in [0.1, 0.15) is 11.1 Å². The molecule has 0 amide bonds. The average molecular weight is 328 g/mol. The molecule has 0 bridgehead atoms. The van der Waals surface area contributed by atoms with Gasteiger partial charge in [-0.3, -0.25) is 20.2 Å². The Hall–Kier alpha value is -4.05. The van der Waals surface area contributed by atoms with Crippen molar-refractivity contribution >= 4 is 11.4 Å². The standard InChI is InChI=1S/C14H5FN4O5/c15-11-5-10(1-2-12(11)18(20)21)24-14-4-9(7-17)8(6-16)3-13(14)19(22)23/h1-5H. The van der Waals surface area contributed by atoms with Crippen LogP contribution in [0.4, 0.5) is 15.8 Å². The van der Waals surface area contributed by atoms with E-state index in [4.69, 9.17) is 15.3 Å². The van der Waals surface area contributed by atoms with E-state index in [9.17, 15) is 24.6 Å². The molecule has 118 valence electrons. The van der Waals surface area contributed by atoms with Gasteiger partial charge in [-0.25, -0.2) is 0 Å². The van der Waals surface area contributed by atoms with Crippen molar-refractivity contribution < 1.29 is 19.0 Å². The molecular weight excluding hydrogens is 323 g/mol. The van der Waals surface area contributed by atoms with Crippen LogP contribution in [0, 0.1) is 48.7 Å². The summed E-state index contributed by atoms with van der Waals surface area (Å²) >= 11 is 0. The molecule has 0 aliphatic rings. The van der Waals surface area contributed by atoms with Crippen molar-refractivity contribution in [2.45, 2.75) is 0 Å². The first kappa shape index (κ1) is 16.3. The van der Waals surface area contributed by atoms with E-state index < -0.39 is 32.8 Å². The minimum Gasteiger partial charge on any atom is -0.450 e. The van der Waals surface area contributed by atoms with Crippen LogP contribution >= 0.6 is 0 Å². The third-order valence-corrected chi connectivity index (χ3v) is 2.88. The third kappa shape index (κ3) is 3.08. The molecule has 0 N–H and O–H groups in total. The summed E-state index contributed by atoms with van der Waals surface area (Å²) in [5, 5.41) is 39.4. The number of ether oxygens (including phenoxy) is 1. The topological polar surface area (TPSA) is 143 Å². The molecule has 24 heavy (non-hydrogen) atoms. The van der Waals surface area contributed by atoms with Crippen LogP contribution in [-0.4, -0.2) is 9.85 Å². The second-order valence-electron chi connectivity index (χ2n) is 4.32. The van der Waals surface area contributed by atoms with Crippen LogP contribution < -0.4 is 4.74 Å². The number of nitro groups is 2. The van der Waals surface area contributed by atoms with Crippen molar-refractivity contribution in [3.05, 3.63) is 67.5 Å². The first-order chi connectivity index (χ1) is 11.4. The highest BCUT2D eigenvalue weighted by Gasteiger charge is 2.21. The number of hydrogen-bond donors (Lipinski definition) is 0. The van der Waals surface area contributed by atoms with Gasteiger partial charge in [-0.15, -0.1) is 0 Å². The summed E-state index contributed by atoms with van der Waals surface area (Å²) in [6, 6.07) is 7.73. The second kappa shape index (κ2) is 6.37. The van der Waals surface area contributed by atoms with E-state index in [1.807, 2.05) is 0 Å². The van der Waals surface area contributed by atoms with Gasteiger partial charge in [-0.2, -0.15) is 14.9 Å². The van der Waals surface area contributed by atoms with Crippen LogP contribution in [0.2, 0.25) is 0 Å². The summed E-state index contributed by atoms with van der Waals surface area (Å²) in [7, 11) is 0. The summed E-state index contributed by atoms with van der Waals surface area (Å²) in [6.07, 6.45) is 0. The Morgan fingerprint density at radius 1 is 0.958 bits per heavy atom. The number of hydrogen-bond acceptors (Lipinski definition) is 7. The average Bonchev–Trinajstić information content (AvgIpc) is 2.53. The minimum atomic E-state index is -1.19. The summed E-state index contributed by atoms with van der Waals surface area (Å²) in [5.74, 6) is -1.83. The first-order valence-corrected chi connectivity index (χ1v) is 6.11. The van der Waals surface area contributed by atoms with Crippen molar-refractivity contribution in [3.63, 3.8) is 0 Å². The van der Waals surface area contributed by atoms with Gasteiger partial charge in [0.2, 0.25) is 11.6 Å². The van der Waals surface area contributed by atoms with Crippen molar-refractivity contribution in [2.24, 2.45) is 0 Å². The maximum absolute atomic E-state index is 13.6. The Kier molecular flexibility index (Phi) is 4.34. The van der Waals surface area contributed by atoms with E-state index in [0.717, 1.165) is 24.3 Å². The lowest BCUT2D eigenvalue weighted by molar-refractivity contribution is -0.387. The van der Waals surface area contributed by atoms with Crippen LogP contribution in [0.15, 0.2) is 30.3 Å². The highest BCUT2D eigenvalue weighted by molar-refractivity contribution is 5.60. The minimum absolute atomic E-state index is 0.166. The van der Waals surface area contributed by atoms with Gasteiger partial charge < -0.3 is 4.74 Å². The molecule has 9 nitrogen and oxygen atoms in total. The van der Waals surface area contributed by atoms with Crippen LogP contribution in [0.3, 0.4) is 0 Å². The Morgan fingerprint density at radius 2 is 1.54 bits per heavy atom. The zero-order chi connectivity index (χ0) is 17.9. The van der Waals surface area contributed by atoms with E-state index in [1.54, 1.807) is 12.1 Å². The van der Waals surface area contributed by atoms with Crippen molar-refractivity contribution in [1.29, 1.82) is 10.5 Å². The quantitative estimate of drug-likeness (QED) is 0.619. The summed E-state index contributed by atoms with van der Waals surface area (Å²) in [4.78, 5) is 19.8. The highest BCUT2D eigenvalue weighted by Crippen LogP contribution is 2.35. The Balaban J connectivity index is 2.52. The molecule has 0 fully saturated rings. The lowest BCUT2D eigenvalue weighted by atomic mass is 10.1. The van der Waals surface area contributed by atoms with Crippen molar-refractivity contribution in [1.82, 2.24) is 0 Å². The molecule has 2 rings (SSSR count). The van der Waals surface area contributed by atoms with E-state index >= 15 is 0 Å². The van der Waals surface area contributed by atoms with Crippen molar-refractivity contribution in [3.8, 4) is 23.6 Å². The van der Waals surface area contributed by atoms with Gasteiger partial charge in [0, 0.05) is 24.3 Å². The Bertz CT molecular complexity index is 945. The normalized spacial score (nSPS) is 9.62. The number of nitriles is 2. The molecule has 0 saturated heterocycles. The van der Waals surface area contributed by atoms with Crippen LogP contribution in [0.25, 0.3) is 0 Å². The lowest BCUT2D eigenvalue weighted by Crippen LogP contribution is -1.98. The molecule has 0 radical (unpaired) electrons. The SMILES string of the molecule is N#Cc1cc(Oc2ccc([N+](=O)[O-])c(F)c2)c([N+](=O)[O-])cc1C#N. The smallest absolute Gasteiger partial charge is 0.312 e.